The third-order valence-corrected chi connectivity index (χ3v) is 2.92. The molecule has 0 radical (unpaired) electrons. The van der Waals surface area contributed by atoms with Gasteiger partial charge in [0.05, 0.1) is 11.0 Å². The van der Waals surface area contributed by atoms with E-state index in [9.17, 15) is 24.0 Å². The van der Waals surface area contributed by atoms with Gasteiger partial charge in [-0.05, 0) is 24.8 Å². The predicted molar refractivity (Wildman–Crippen MR) is 60.2 cm³/mol. The van der Waals surface area contributed by atoms with Crippen molar-refractivity contribution in [1.29, 1.82) is 0 Å². The Kier molecular flexibility index (Phi) is 3.42. The molecule has 2 N–H and O–H groups in total. The summed E-state index contributed by atoms with van der Waals surface area (Å²) in [6, 6.07) is 1.60. The quantitative estimate of drug-likeness (QED) is 0.626. The van der Waals surface area contributed by atoms with Crippen LogP contribution < -0.4 is 5.32 Å². The second-order valence-electron chi connectivity index (χ2n) is 4.30. The third kappa shape index (κ3) is 2.56. The fraction of sp³-hybridized carbons (Fsp3) is 0.455. The Labute approximate surface area is 102 Å². The van der Waals surface area contributed by atoms with Gasteiger partial charge in [0.1, 0.15) is 0 Å². The average molecular weight is 258 g/mol. The SMILES string of the molecule is O=[N+]([O-])c1ccc(F)c(F)c1NCC(O)C1CC1. The molecule has 0 spiro atoms. The molecule has 0 bridgehead atoms. The number of nitrogens with one attached hydrogen (secondary N) is 1. The van der Waals surface area contributed by atoms with Crippen molar-refractivity contribution >= 4 is 11.4 Å². The third-order valence-electron chi connectivity index (χ3n) is 2.92. The van der Waals surface area contributed by atoms with E-state index in [0.29, 0.717) is 6.07 Å². The summed E-state index contributed by atoms with van der Waals surface area (Å²) in [5.41, 5.74) is -1.06. The van der Waals surface area contributed by atoms with Gasteiger partial charge in [-0.2, -0.15) is 0 Å². The molecule has 1 aromatic rings. The summed E-state index contributed by atoms with van der Waals surface area (Å²) in [4.78, 5) is 9.89. The van der Waals surface area contributed by atoms with Crippen LogP contribution in [0.15, 0.2) is 12.1 Å². The number of nitro groups is 1. The summed E-state index contributed by atoms with van der Waals surface area (Å²) < 4.78 is 26.5. The van der Waals surface area contributed by atoms with Crippen molar-refractivity contribution in [3.05, 3.63) is 33.9 Å². The van der Waals surface area contributed by atoms with E-state index in [1.807, 2.05) is 0 Å². The standard InChI is InChI=1S/C11H12F2N2O3/c12-7-3-4-8(15(17)18)11(10(7)13)14-5-9(16)6-1-2-6/h3-4,6,9,14,16H,1-2,5H2. The molecule has 0 saturated heterocycles. The molecule has 7 heteroatoms. The molecule has 98 valence electrons. The lowest BCUT2D eigenvalue weighted by atomic mass is 10.2. The highest BCUT2D eigenvalue weighted by Crippen LogP contribution is 2.34. The minimum Gasteiger partial charge on any atom is -0.391 e. The van der Waals surface area contributed by atoms with E-state index in [0.717, 1.165) is 18.9 Å². The number of benzene rings is 1. The van der Waals surface area contributed by atoms with Crippen LogP contribution in [0.5, 0.6) is 0 Å². The molecule has 18 heavy (non-hydrogen) atoms. The Morgan fingerprint density at radius 1 is 1.50 bits per heavy atom. The molecule has 0 aliphatic heterocycles. The Bertz CT molecular complexity index is 478. The molecule has 0 amide bonds. The molecule has 1 atom stereocenters. The number of halogens is 2. The van der Waals surface area contributed by atoms with Gasteiger partial charge in [-0.1, -0.05) is 0 Å². The van der Waals surface area contributed by atoms with Crippen molar-refractivity contribution in [1.82, 2.24) is 0 Å². The number of hydrogen-bond donors (Lipinski definition) is 2. The molecule has 5 nitrogen and oxygen atoms in total. The van der Waals surface area contributed by atoms with Crippen molar-refractivity contribution in [2.24, 2.45) is 5.92 Å². The van der Waals surface area contributed by atoms with Gasteiger partial charge in [0.2, 0.25) is 0 Å². The number of nitro benzene ring substituents is 1. The van der Waals surface area contributed by atoms with Crippen LogP contribution in [0.25, 0.3) is 0 Å². The Balaban J connectivity index is 2.18. The fourth-order valence-electron chi connectivity index (χ4n) is 1.72. The number of aliphatic hydroxyl groups excluding tert-OH is 1. The summed E-state index contributed by atoms with van der Waals surface area (Å²) in [6.07, 6.45) is 1.07. The van der Waals surface area contributed by atoms with Gasteiger partial charge >= 0.3 is 0 Å². The maximum absolute atomic E-state index is 13.5. The van der Waals surface area contributed by atoms with E-state index in [4.69, 9.17) is 0 Å². The molecular weight excluding hydrogens is 246 g/mol. The monoisotopic (exact) mass is 258 g/mol. The maximum Gasteiger partial charge on any atom is 0.295 e. The minimum atomic E-state index is -1.30. The van der Waals surface area contributed by atoms with E-state index in [2.05, 4.69) is 5.32 Å². The highest BCUT2D eigenvalue weighted by Gasteiger charge is 2.30. The summed E-state index contributed by atoms with van der Waals surface area (Å²) in [5.74, 6) is -2.32. The molecule has 2 rings (SSSR count). The second-order valence-corrected chi connectivity index (χ2v) is 4.30. The summed E-state index contributed by atoms with van der Waals surface area (Å²) >= 11 is 0. The highest BCUT2D eigenvalue weighted by molar-refractivity contribution is 5.62. The van der Waals surface area contributed by atoms with Gasteiger partial charge < -0.3 is 10.4 Å². The molecule has 1 aliphatic rings. The van der Waals surface area contributed by atoms with Gasteiger partial charge in [-0.25, -0.2) is 8.78 Å². The lowest BCUT2D eigenvalue weighted by Crippen LogP contribution is -2.22. The van der Waals surface area contributed by atoms with Gasteiger partial charge in [-0.3, -0.25) is 10.1 Å². The van der Waals surface area contributed by atoms with E-state index in [1.54, 1.807) is 0 Å². The van der Waals surface area contributed by atoms with Crippen LogP contribution in [0.3, 0.4) is 0 Å². The van der Waals surface area contributed by atoms with Crippen LogP contribution in [0.1, 0.15) is 12.8 Å². The first-order valence-corrected chi connectivity index (χ1v) is 5.55. The molecule has 0 aromatic heterocycles. The number of hydrogen-bond acceptors (Lipinski definition) is 4. The minimum absolute atomic E-state index is 0.0358. The van der Waals surface area contributed by atoms with Crippen LogP contribution in [0.2, 0.25) is 0 Å². The van der Waals surface area contributed by atoms with Crippen LogP contribution in [-0.4, -0.2) is 22.7 Å². The molecule has 1 aromatic carbocycles. The molecule has 1 fully saturated rings. The number of aliphatic hydroxyl groups is 1. The second kappa shape index (κ2) is 4.85. The highest BCUT2D eigenvalue weighted by atomic mass is 19.2. The Hall–Kier alpha value is -1.76. The first-order chi connectivity index (χ1) is 8.50. The van der Waals surface area contributed by atoms with Crippen molar-refractivity contribution in [2.45, 2.75) is 18.9 Å². The van der Waals surface area contributed by atoms with Gasteiger partial charge in [0.25, 0.3) is 5.69 Å². The molecular formula is C11H12F2N2O3. The van der Waals surface area contributed by atoms with E-state index in [-0.39, 0.29) is 12.5 Å². The smallest absolute Gasteiger partial charge is 0.295 e. The first kappa shape index (κ1) is 12.7. The average Bonchev–Trinajstić information content (AvgIpc) is 3.14. The maximum atomic E-state index is 13.5. The first-order valence-electron chi connectivity index (χ1n) is 5.55. The topological polar surface area (TPSA) is 75.4 Å². The summed E-state index contributed by atoms with van der Waals surface area (Å²) in [5, 5.41) is 22.7. The van der Waals surface area contributed by atoms with E-state index >= 15 is 0 Å². The van der Waals surface area contributed by atoms with Crippen molar-refractivity contribution < 1.29 is 18.8 Å². The molecule has 1 unspecified atom stereocenters. The Morgan fingerprint density at radius 3 is 2.72 bits per heavy atom. The van der Waals surface area contributed by atoms with Gasteiger partial charge in [0, 0.05) is 12.6 Å². The van der Waals surface area contributed by atoms with Crippen LogP contribution in [0.4, 0.5) is 20.2 Å². The number of anilines is 1. The van der Waals surface area contributed by atoms with Crippen molar-refractivity contribution in [3.8, 4) is 0 Å². The largest absolute Gasteiger partial charge is 0.391 e. The summed E-state index contributed by atoms with van der Waals surface area (Å²) in [7, 11) is 0. The van der Waals surface area contributed by atoms with Crippen molar-refractivity contribution in [3.63, 3.8) is 0 Å². The van der Waals surface area contributed by atoms with Crippen LogP contribution in [0, 0.1) is 27.7 Å². The molecule has 1 saturated carbocycles. The number of nitrogens with zero attached hydrogens (tertiary/aromatic N) is 1. The predicted octanol–water partition coefficient (Wildman–Crippen LogP) is 2.06. The van der Waals surface area contributed by atoms with E-state index in [1.165, 1.54) is 0 Å². The zero-order chi connectivity index (χ0) is 13.3. The Morgan fingerprint density at radius 2 is 2.17 bits per heavy atom. The van der Waals surface area contributed by atoms with Gasteiger partial charge in [-0.15, -0.1) is 0 Å². The van der Waals surface area contributed by atoms with Crippen LogP contribution in [-0.2, 0) is 0 Å². The lowest BCUT2D eigenvalue weighted by molar-refractivity contribution is -0.384. The molecule has 1 aliphatic carbocycles. The van der Waals surface area contributed by atoms with Crippen LogP contribution >= 0.6 is 0 Å². The van der Waals surface area contributed by atoms with Crippen molar-refractivity contribution in [2.75, 3.05) is 11.9 Å². The number of rotatable bonds is 5. The van der Waals surface area contributed by atoms with Gasteiger partial charge in [0.15, 0.2) is 17.3 Å². The summed E-state index contributed by atoms with van der Waals surface area (Å²) in [6.45, 7) is -0.0358. The zero-order valence-electron chi connectivity index (χ0n) is 9.40. The van der Waals surface area contributed by atoms with E-state index < -0.39 is 34.0 Å². The lowest BCUT2D eigenvalue weighted by Gasteiger charge is -2.12. The normalized spacial score (nSPS) is 16.4. The fourth-order valence-corrected chi connectivity index (χ4v) is 1.72. The molecule has 0 heterocycles. The zero-order valence-corrected chi connectivity index (χ0v) is 9.40.